The first-order valence-electron chi connectivity index (χ1n) is 4.11. The van der Waals surface area contributed by atoms with Crippen LogP contribution in [0.5, 0.6) is 0 Å². The summed E-state index contributed by atoms with van der Waals surface area (Å²) in [6.07, 6.45) is -2.74. The lowest BCUT2D eigenvalue weighted by Gasteiger charge is -2.06. The number of alkyl halides is 2. The zero-order valence-corrected chi connectivity index (χ0v) is 8.91. The molecule has 0 saturated heterocycles. The highest BCUT2D eigenvalue weighted by molar-refractivity contribution is 5.85. The number of hydrogen-bond acceptors (Lipinski definition) is 2. The summed E-state index contributed by atoms with van der Waals surface area (Å²) in [5.41, 5.74) is 6.45. The van der Waals surface area contributed by atoms with Gasteiger partial charge in [-0.2, -0.15) is 0 Å². The first kappa shape index (κ1) is 13.4. The smallest absolute Gasteiger partial charge is 0.240 e. The molecule has 0 saturated carbocycles. The van der Waals surface area contributed by atoms with Crippen LogP contribution < -0.4 is 5.73 Å². The Morgan fingerprint density at radius 2 is 2.00 bits per heavy atom. The average molecular weight is 226 g/mol. The number of nitrogens with two attached hydrogens (primary N) is 1. The summed E-state index contributed by atoms with van der Waals surface area (Å²) >= 11 is 0. The maximum Gasteiger partial charge on any atom is 0.240 e. The molecule has 0 aliphatic heterocycles. The van der Waals surface area contributed by atoms with E-state index in [0.29, 0.717) is 5.76 Å². The molecule has 82 valence electrons. The second-order valence-electron chi connectivity index (χ2n) is 3.12. The van der Waals surface area contributed by atoms with Crippen LogP contribution in [0, 0.1) is 13.8 Å². The van der Waals surface area contributed by atoms with E-state index in [0.717, 1.165) is 11.3 Å². The van der Waals surface area contributed by atoms with E-state index >= 15 is 0 Å². The third-order valence-corrected chi connectivity index (χ3v) is 1.98. The van der Waals surface area contributed by atoms with Crippen molar-refractivity contribution in [3.8, 4) is 0 Å². The standard InChI is InChI=1S/C9H13F2NO.ClH/c1-5-3-8(13-6(5)2)7(12)4-9(10)11;/h3,7,9H,4,12H2,1-2H3;1H/t7-;/m0./s1. The van der Waals surface area contributed by atoms with E-state index in [-0.39, 0.29) is 18.8 Å². The summed E-state index contributed by atoms with van der Waals surface area (Å²) in [7, 11) is 0. The fraction of sp³-hybridized carbons (Fsp3) is 0.556. The van der Waals surface area contributed by atoms with Gasteiger partial charge in [-0.25, -0.2) is 8.78 Å². The van der Waals surface area contributed by atoms with Crippen LogP contribution in [0.1, 0.15) is 29.5 Å². The third-order valence-electron chi connectivity index (χ3n) is 1.98. The van der Waals surface area contributed by atoms with Crippen LogP contribution in [-0.4, -0.2) is 6.43 Å². The van der Waals surface area contributed by atoms with Crippen molar-refractivity contribution >= 4 is 12.4 Å². The van der Waals surface area contributed by atoms with Crippen molar-refractivity contribution in [1.82, 2.24) is 0 Å². The van der Waals surface area contributed by atoms with Crippen molar-refractivity contribution in [3.05, 3.63) is 23.2 Å². The van der Waals surface area contributed by atoms with Gasteiger partial charge in [0.15, 0.2) is 0 Å². The van der Waals surface area contributed by atoms with E-state index in [1.807, 2.05) is 6.92 Å². The molecule has 1 aromatic rings. The summed E-state index contributed by atoms with van der Waals surface area (Å²) < 4.78 is 29.1. The van der Waals surface area contributed by atoms with Crippen molar-refractivity contribution in [2.75, 3.05) is 0 Å². The number of rotatable bonds is 3. The Bertz CT molecular complexity index is 269. The Balaban J connectivity index is 0.00000169. The van der Waals surface area contributed by atoms with Gasteiger partial charge in [-0.05, 0) is 25.5 Å². The molecule has 2 nitrogen and oxygen atoms in total. The fourth-order valence-electron chi connectivity index (χ4n) is 1.09. The van der Waals surface area contributed by atoms with Gasteiger partial charge in [0.25, 0.3) is 0 Å². The molecule has 5 heteroatoms. The summed E-state index contributed by atoms with van der Waals surface area (Å²) in [6.45, 7) is 3.64. The highest BCUT2D eigenvalue weighted by Gasteiger charge is 2.16. The molecule has 1 rings (SSSR count). The lowest BCUT2D eigenvalue weighted by molar-refractivity contribution is 0.124. The Morgan fingerprint density at radius 1 is 1.43 bits per heavy atom. The molecule has 0 spiro atoms. The molecular formula is C9H14ClF2NO. The van der Waals surface area contributed by atoms with Gasteiger partial charge >= 0.3 is 0 Å². The molecule has 0 aromatic carbocycles. The number of furan rings is 1. The van der Waals surface area contributed by atoms with Gasteiger partial charge in [-0.1, -0.05) is 0 Å². The van der Waals surface area contributed by atoms with Crippen LogP contribution >= 0.6 is 12.4 Å². The zero-order valence-electron chi connectivity index (χ0n) is 8.09. The summed E-state index contributed by atoms with van der Waals surface area (Å²) in [4.78, 5) is 0. The molecule has 1 atom stereocenters. The summed E-state index contributed by atoms with van der Waals surface area (Å²) in [5.74, 6) is 1.18. The molecule has 2 N–H and O–H groups in total. The second kappa shape index (κ2) is 5.32. The minimum atomic E-state index is -2.39. The first-order chi connectivity index (χ1) is 6.00. The van der Waals surface area contributed by atoms with E-state index < -0.39 is 12.5 Å². The molecule has 0 amide bonds. The molecule has 0 aliphatic carbocycles. The number of halogens is 3. The van der Waals surface area contributed by atoms with Gasteiger partial charge in [-0.3, -0.25) is 0 Å². The molecule has 14 heavy (non-hydrogen) atoms. The number of aryl methyl sites for hydroxylation is 2. The SMILES string of the molecule is Cc1cc([C@@H](N)CC(F)F)oc1C.Cl. The molecule has 0 fully saturated rings. The van der Waals surface area contributed by atoms with Crippen molar-refractivity contribution in [1.29, 1.82) is 0 Å². The number of hydrogen-bond donors (Lipinski definition) is 1. The van der Waals surface area contributed by atoms with E-state index in [1.165, 1.54) is 0 Å². The Labute approximate surface area is 87.9 Å². The molecule has 0 unspecified atom stereocenters. The Kier molecular flexibility index (Phi) is 5.08. The third kappa shape index (κ3) is 3.27. The Morgan fingerprint density at radius 3 is 2.36 bits per heavy atom. The molecule has 1 heterocycles. The molecule has 0 radical (unpaired) electrons. The maximum atomic E-state index is 12.0. The minimum Gasteiger partial charge on any atom is -0.464 e. The normalized spacial score (nSPS) is 12.7. The van der Waals surface area contributed by atoms with Crippen LogP contribution in [0.2, 0.25) is 0 Å². The van der Waals surface area contributed by atoms with E-state index in [2.05, 4.69) is 0 Å². The minimum absolute atomic E-state index is 0. The summed E-state index contributed by atoms with van der Waals surface area (Å²) in [5, 5.41) is 0. The van der Waals surface area contributed by atoms with Gasteiger partial charge < -0.3 is 10.2 Å². The molecule has 0 bridgehead atoms. The predicted octanol–water partition coefficient (Wildman–Crippen LogP) is 2.97. The maximum absolute atomic E-state index is 12.0. The highest BCUT2D eigenvalue weighted by atomic mass is 35.5. The average Bonchev–Trinajstić information content (AvgIpc) is 2.31. The molecule has 0 aliphatic rings. The summed E-state index contributed by atoms with van der Waals surface area (Å²) in [6, 6.07) is 1.01. The first-order valence-corrected chi connectivity index (χ1v) is 4.11. The van der Waals surface area contributed by atoms with Crippen LogP contribution in [0.15, 0.2) is 10.5 Å². The van der Waals surface area contributed by atoms with Gasteiger partial charge in [0.2, 0.25) is 6.43 Å². The van der Waals surface area contributed by atoms with Crippen LogP contribution in [0.3, 0.4) is 0 Å². The van der Waals surface area contributed by atoms with Crippen molar-refractivity contribution in [2.24, 2.45) is 5.73 Å². The van der Waals surface area contributed by atoms with Gasteiger partial charge in [0.05, 0.1) is 6.04 Å². The van der Waals surface area contributed by atoms with Crippen LogP contribution in [-0.2, 0) is 0 Å². The lowest BCUT2D eigenvalue weighted by atomic mass is 10.1. The van der Waals surface area contributed by atoms with Crippen LogP contribution in [0.25, 0.3) is 0 Å². The van der Waals surface area contributed by atoms with Gasteiger partial charge in [0, 0.05) is 6.42 Å². The molecule has 1 aromatic heterocycles. The fourth-order valence-corrected chi connectivity index (χ4v) is 1.09. The van der Waals surface area contributed by atoms with Crippen molar-refractivity contribution in [3.63, 3.8) is 0 Å². The quantitative estimate of drug-likeness (QED) is 0.859. The largest absolute Gasteiger partial charge is 0.464 e. The van der Waals surface area contributed by atoms with Gasteiger partial charge in [-0.15, -0.1) is 12.4 Å². The monoisotopic (exact) mass is 225 g/mol. The zero-order chi connectivity index (χ0) is 10.0. The van der Waals surface area contributed by atoms with Crippen LogP contribution in [0.4, 0.5) is 8.78 Å². The van der Waals surface area contributed by atoms with Crippen molar-refractivity contribution < 1.29 is 13.2 Å². The molecular weight excluding hydrogens is 212 g/mol. The van der Waals surface area contributed by atoms with Gasteiger partial charge in [0.1, 0.15) is 11.5 Å². The van der Waals surface area contributed by atoms with E-state index in [9.17, 15) is 8.78 Å². The predicted molar refractivity (Wildman–Crippen MR) is 53.0 cm³/mol. The topological polar surface area (TPSA) is 39.2 Å². The van der Waals surface area contributed by atoms with E-state index in [1.54, 1.807) is 13.0 Å². The van der Waals surface area contributed by atoms with E-state index in [4.69, 9.17) is 10.2 Å². The second-order valence-corrected chi connectivity index (χ2v) is 3.12. The van der Waals surface area contributed by atoms with Crippen molar-refractivity contribution in [2.45, 2.75) is 32.7 Å². The Hall–Kier alpha value is -0.610. The lowest BCUT2D eigenvalue weighted by Crippen LogP contribution is -2.13. The highest BCUT2D eigenvalue weighted by Crippen LogP contribution is 2.22.